The summed E-state index contributed by atoms with van der Waals surface area (Å²) in [6, 6.07) is 8.22. The Bertz CT molecular complexity index is 440. The maximum Gasteiger partial charge on any atom is 0.0941 e. The highest BCUT2D eigenvalue weighted by Crippen LogP contribution is 2.22. The third-order valence-corrected chi connectivity index (χ3v) is 3.42. The lowest BCUT2D eigenvalue weighted by Crippen LogP contribution is -2.02. The molecule has 0 amide bonds. The van der Waals surface area contributed by atoms with Crippen LogP contribution in [0, 0.1) is 0 Å². The first kappa shape index (κ1) is 10.3. The number of aryl methyl sites for hydroxylation is 1. The van der Waals surface area contributed by atoms with Gasteiger partial charge >= 0.3 is 0 Å². The molecular formula is C12H14N2S. The second-order valence-electron chi connectivity index (χ2n) is 3.53. The van der Waals surface area contributed by atoms with Crippen molar-refractivity contribution in [3.8, 4) is 0 Å². The molecule has 0 fully saturated rings. The van der Waals surface area contributed by atoms with E-state index in [0.29, 0.717) is 6.54 Å². The van der Waals surface area contributed by atoms with Crippen molar-refractivity contribution in [2.45, 2.75) is 12.8 Å². The van der Waals surface area contributed by atoms with Gasteiger partial charge in [0.25, 0.3) is 0 Å². The molecular weight excluding hydrogens is 204 g/mol. The molecule has 0 saturated heterocycles. The third kappa shape index (κ3) is 2.43. The van der Waals surface area contributed by atoms with Gasteiger partial charge in [-0.2, -0.15) is 0 Å². The van der Waals surface area contributed by atoms with E-state index in [2.05, 4.69) is 17.6 Å². The maximum atomic E-state index is 5.49. The van der Waals surface area contributed by atoms with E-state index in [4.69, 9.17) is 5.73 Å². The molecule has 1 aromatic heterocycles. The summed E-state index contributed by atoms with van der Waals surface area (Å²) in [5.74, 6) is 0. The van der Waals surface area contributed by atoms with Crippen LogP contribution in [0.15, 0.2) is 36.4 Å². The molecule has 0 saturated carbocycles. The molecule has 78 valence electrons. The Morgan fingerprint density at radius 2 is 2.20 bits per heavy atom. The molecule has 2 aromatic rings. The van der Waals surface area contributed by atoms with E-state index in [9.17, 15) is 0 Å². The Kier molecular flexibility index (Phi) is 3.14. The molecule has 0 bridgehead atoms. The number of benzene rings is 1. The minimum atomic E-state index is 0.574. The van der Waals surface area contributed by atoms with Crippen molar-refractivity contribution in [2.24, 2.45) is 5.73 Å². The lowest BCUT2D eigenvalue weighted by Gasteiger charge is -1.98. The van der Waals surface area contributed by atoms with Crippen molar-refractivity contribution < 1.29 is 0 Å². The SMILES string of the molecule is C=C(CN)CCc1nc2ccccc2s1. The Balaban J connectivity index is 2.12. The fourth-order valence-corrected chi connectivity index (χ4v) is 2.38. The lowest BCUT2D eigenvalue weighted by molar-refractivity contribution is 0.901. The molecule has 1 aromatic carbocycles. The monoisotopic (exact) mass is 218 g/mol. The van der Waals surface area contributed by atoms with Crippen molar-refractivity contribution in [1.82, 2.24) is 4.98 Å². The zero-order chi connectivity index (χ0) is 10.7. The Labute approximate surface area is 93.4 Å². The van der Waals surface area contributed by atoms with Crippen LogP contribution in [-0.2, 0) is 6.42 Å². The molecule has 15 heavy (non-hydrogen) atoms. The van der Waals surface area contributed by atoms with E-state index in [1.165, 1.54) is 9.71 Å². The molecule has 0 aliphatic carbocycles. The molecule has 0 aliphatic rings. The summed E-state index contributed by atoms with van der Waals surface area (Å²) in [7, 11) is 0. The summed E-state index contributed by atoms with van der Waals surface area (Å²) in [6.07, 6.45) is 1.89. The molecule has 2 rings (SSSR count). The first-order valence-corrected chi connectivity index (χ1v) is 5.82. The van der Waals surface area contributed by atoms with Crippen LogP contribution in [0.5, 0.6) is 0 Å². The standard InChI is InChI=1S/C12H14N2S/c1-9(8-13)6-7-12-14-10-4-2-3-5-11(10)15-12/h2-5H,1,6-8,13H2. The number of rotatable bonds is 4. The van der Waals surface area contributed by atoms with E-state index in [1.54, 1.807) is 11.3 Å². The second kappa shape index (κ2) is 4.55. The highest BCUT2D eigenvalue weighted by molar-refractivity contribution is 7.18. The van der Waals surface area contributed by atoms with Gasteiger partial charge in [-0.3, -0.25) is 0 Å². The molecule has 0 aliphatic heterocycles. The Hall–Kier alpha value is -1.19. The van der Waals surface area contributed by atoms with E-state index < -0.39 is 0 Å². The van der Waals surface area contributed by atoms with Crippen LogP contribution < -0.4 is 5.73 Å². The van der Waals surface area contributed by atoms with Crippen LogP contribution in [0.2, 0.25) is 0 Å². The van der Waals surface area contributed by atoms with E-state index in [1.807, 2.05) is 18.2 Å². The van der Waals surface area contributed by atoms with Crippen molar-refractivity contribution in [2.75, 3.05) is 6.54 Å². The topological polar surface area (TPSA) is 38.9 Å². The van der Waals surface area contributed by atoms with Gasteiger partial charge in [-0.15, -0.1) is 11.3 Å². The van der Waals surface area contributed by atoms with E-state index in [0.717, 1.165) is 23.9 Å². The van der Waals surface area contributed by atoms with Gasteiger partial charge in [-0.25, -0.2) is 4.98 Å². The summed E-state index contributed by atoms with van der Waals surface area (Å²) in [5, 5.41) is 1.17. The normalized spacial score (nSPS) is 10.7. The zero-order valence-electron chi connectivity index (χ0n) is 8.57. The quantitative estimate of drug-likeness (QED) is 0.801. The Morgan fingerprint density at radius 3 is 2.93 bits per heavy atom. The van der Waals surface area contributed by atoms with Crippen molar-refractivity contribution in [3.05, 3.63) is 41.4 Å². The summed E-state index contributed by atoms with van der Waals surface area (Å²) in [4.78, 5) is 4.56. The van der Waals surface area contributed by atoms with Crippen LogP contribution in [0.1, 0.15) is 11.4 Å². The molecule has 3 heteroatoms. The number of hydrogen-bond acceptors (Lipinski definition) is 3. The van der Waals surface area contributed by atoms with Gasteiger partial charge < -0.3 is 5.73 Å². The first-order chi connectivity index (χ1) is 7.29. The van der Waals surface area contributed by atoms with Crippen molar-refractivity contribution >= 4 is 21.6 Å². The highest BCUT2D eigenvalue weighted by atomic mass is 32.1. The second-order valence-corrected chi connectivity index (χ2v) is 4.64. The summed E-state index contributed by atoms with van der Waals surface area (Å²) in [5.41, 5.74) is 7.68. The predicted octanol–water partition coefficient (Wildman–Crippen LogP) is 2.74. The average Bonchev–Trinajstić information content (AvgIpc) is 2.68. The van der Waals surface area contributed by atoms with E-state index >= 15 is 0 Å². The Morgan fingerprint density at radius 1 is 1.40 bits per heavy atom. The predicted molar refractivity (Wildman–Crippen MR) is 66.1 cm³/mol. The van der Waals surface area contributed by atoms with Crippen LogP contribution in [0.3, 0.4) is 0 Å². The molecule has 0 atom stereocenters. The van der Waals surface area contributed by atoms with Gasteiger partial charge in [0, 0.05) is 13.0 Å². The number of nitrogens with zero attached hydrogens (tertiary/aromatic N) is 1. The third-order valence-electron chi connectivity index (χ3n) is 2.32. The largest absolute Gasteiger partial charge is 0.327 e. The highest BCUT2D eigenvalue weighted by Gasteiger charge is 2.03. The van der Waals surface area contributed by atoms with E-state index in [-0.39, 0.29) is 0 Å². The molecule has 0 radical (unpaired) electrons. The van der Waals surface area contributed by atoms with Crippen molar-refractivity contribution in [1.29, 1.82) is 0 Å². The summed E-state index contributed by atoms with van der Waals surface area (Å²) in [6.45, 7) is 4.47. The van der Waals surface area contributed by atoms with Gasteiger partial charge in [0.05, 0.1) is 15.2 Å². The van der Waals surface area contributed by atoms with Crippen molar-refractivity contribution in [3.63, 3.8) is 0 Å². The number of para-hydroxylation sites is 1. The molecule has 2 nitrogen and oxygen atoms in total. The fourth-order valence-electron chi connectivity index (χ4n) is 1.41. The van der Waals surface area contributed by atoms with Crippen LogP contribution >= 0.6 is 11.3 Å². The number of fused-ring (bicyclic) bond motifs is 1. The molecule has 1 heterocycles. The number of nitrogens with two attached hydrogens (primary N) is 1. The maximum absolute atomic E-state index is 5.49. The minimum absolute atomic E-state index is 0.574. The fraction of sp³-hybridized carbons (Fsp3) is 0.250. The van der Waals surface area contributed by atoms with Gasteiger partial charge in [-0.1, -0.05) is 24.3 Å². The molecule has 0 unspecified atom stereocenters. The van der Waals surface area contributed by atoms with Crippen LogP contribution in [0.25, 0.3) is 10.2 Å². The van der Waals surface area contributed by atoms with Gasteiger partial charge in [0.2, 0.25) is 0 Å². The molecule has 0 spiro atoms. The van der Waals surface area contributed by atoms with Gasteiger partial charge in [-0.05, 0) is 18.6 Å². The van der Waals surface area contributed by atoms with Crippen LogP contribution in [-0.4, -0.2) is 11.5 Å². The lowest BCUT2D eigenvalue weighted by atomic mass is 10.2. The zero-order valence-corrected chi connectivity index (χ0v) is 9.39. The number of hydrogen-bond donors (Lipinski definition) is 1. The van der Waals surface area contributed by atoms with Gasteiger partial charge in [0.1, 0.15) is 0 Å². The molecule has 2 N–H and O–H groups in total. The average molecular weight is 218 g/mol. The minimum Gasteiger partial charge on any atom is -0.327 e. The summed E-state index contributed by atoms with van der Waals surface area (Å²) < 4.78 is 1.26. The number of aromatic nitrogens is 1. The smallest absolute Gasteiger partial charge is 0.0941 e. The van der Waals surface area contributed by atoms with Crippen LogP contribution in [0.4, 0.5) is 0 Å². The number of thiazole rings is 1. The summed E-state index contributed by atoms with van der Waals surface area (Å²) >= 11 is 1.76. The first-order valence-electron chi connectivity index (χ1n) is 5.01. The van der Waals surface area contributed by atoms with Gasteiger partial charge in [0.15, 0.2) is 0 Å².